The first-order valence-electron chi connectivity index (χ1n) is 11.4. The Labute approximate surface area is 200 Å². The van der Waals surface area contributed by atoms with Gasteiger partial charge in [0, 0.05) is 11.3 Å². The van der Waals surface area contributed by atoms with Gasteiger partial charge >= 0.3 is 0 Å². The largest absolute Gasteiger partial charge is 0.508 e. The molecule has 0 aliphatic rings. The summed E-state index contributed by atoms with van der Waals surface area (Å²) < 4.78 is 0. The van der Waals surface area contributed by atoms with Crippen molar-refractivity contribution in [3.05, 3.63) is 119 Å². The number of phenolic OH excluding ortho intramolecular Hbond substituents is 4. The van der Waals surface area contributed by atoms with Gasteiger partial charge in [0.05, 0.1) is 0 Å². The van der Waals surface area contributed by atoms with Crippen LogP contribution in [0.2, 0.25) is 0 Å². The average molecular weight is 455 g/mol. The number of hydrogen-bond acceptors (Lipinski definition) is 4. The van der Waals surface area contributed by atoms with Crippen molar-refractivity contribution in [3.8, 4) is 23.0 Å². The van der Waals surface area contributed by atoms with Crippen LogP contribution in [0.1, 0.15) is 48.4 Å². The van der Waals surface area contributed by atoms with E-state index in [-0.39, 0.29) is 34.8 Å². The Balaban J connectivity index is 1.79. The van der Waals surface area contributed by atoms with Crippen LogP contribution < -0.4 is 0 Å². The van der Waals surface area contributed by atoms with Crippen LogP contribution in [0.15, 0.2) is 97.1 Å². The number of benzene rings is 4. The van der Waals surface area contributed by atoms with E-state index in [0.717, 1.165) is 28.7 Å². The van der Waals surface area contributed by atoms with Crippen LogP contribution in [0.3, 0.4) is 0 Å². The van der Waals surface area contributed by atoms with Crippen molar-refractivity contribution in [2.75, 3.05) is 0 Å². The second-order valence-electron chi connectivity index (χ2n) is 9.27. The summed E-state index contributed by atoms with van der Waals surface area (Å²) in [4.78, 5) is 0. The summed E-state index contributed by atoms with van der Waals surface area (Å²) in [5.74, 6) is 1.06. The molecule has 0 aliphatic carbocycles. The summed E-state index contributed by atoms with van der Waals surface area (Å²) in [6, 6.07) is 29.2. The van der Waals surface area contributed by atoms with Crippen LogP contribution >= 0.6 is 0 Å². The first-order valence-corrected chi connectivity index (χ1v) is 11.4. The first-order chi connectivity index (χ1) is 16.3. The zero-order chi connectivity index (χ0) is 24.3. The standard InChI is InChI=1S/C30H30O4/c1-20(29(21-3-11-25(31)12-4-21)22-5-13-26(32)14-6-22)19-30(2,23-7-15-27(33)16-8-23)24-9-17-28(34)18-10-24/h3-18,20,29,31-34H,19H2,1-2H3. The molecule has 0 bridgehead atoms. The van der Waals surface area contributed by atoms with Crippen molar-refractivity contribution in [2.45, 2.75) is 31.6 Å². The topological polar surface area (TPSA) is 80.9 Å². The zero-order valence-corrected chi connectivity index (χ0v) is 19.4. The van der Waals surface area contributed by atoms with Gasteiger partial charge in [-0.3, -0.25) is 0 Å². The van der Waals surface area contributed by atoms with E-state index < -0.39 is 5.41 Å². The van der Waals surface area contributed by atoms with E-state index in [0.29, 0.717) is 0 Å². The predicted molar refractivity (Wildman–Crippen MR) is 135 cm³/mol. The normalized spacial score (nSPS) is 12.6. The van der Waals surface area contributed by atoms with Crippen molar-refractivity contribution in [1.82, 2.24) is 0 Å². The van der Waals surface area contributed by atoms with Crippen molar-refractivity contribution >= 4 is 0 Å². The molecule has 174 valence electrons. The van der Waals surface area contributed by atoms with E-state index >= 15 is 0 Å². The molecule has 1 unspecified atom stereocenters. The Bertz CT molecular complexity index is 1120. The number of aromatic hydroxyl groups is 4. The summed E-state index contributed by atoms with van der Waals surface area (Å²) in [5.41, 5.74) is 3.90. The lowest BCUT2D eigenvalue weighted by atomic mass is 9.67. The highest BCUT2D eigenvalue weighted by Crippen LogP contribution is 2.44. The van der Waals surface area contributed by atoms with E-state index in [1.807, 2.05) is 48.5 Å². The van der Waals surface area contributed by atoms with E-state index in [1.54, 1.807) is 48.5 Å². The molecule has 4 rings (SSSR count). The quantitative estimate of drug-likeness (QED) is 0.251. The van der Waals surface area contributed by atoms with Crippen molar-refractivity contribution < 1.29 is 20.4 Å². The molecule has 0 fully saturated rings. The molecule has 1 atom stereocenters. The molecule has 0 saturated heterocycles. The third-order valence-corrected chi connectivity index (χ3v) is 6.81. The Morgan fingerprint density at radius 1 is 0.529 bits per heavy atom. The van der Waals surface area contributed by atoms with Crippen LogP contribution in [0.25, 0.3) is 0 Å². The van der Waals surface area contributed by atoms with Crippen molar-refractivity contribution in [3.63, 3.8) is 0 Å². The molecule has 4 aromatic carbocycles. The predicted octanol–water partition coefficient (Wildman–Crippen LogP) is 6.67. The lowest BCUT2D eigenvalue weighted by Gasteiger charge is -2.37. The molecule has 4 nitrogen and oxygen atoms in total. The van der Waals surface area contributed by atoms with E-state index in [2.05, 4.69) is 13.8 Å². The second-order valence-corrected chi connectivity index (χ2v) is 9.27. The van der Waals surface area contributed by atoms with Crippen LogP contribution in [-0.2, 0) is 5.41 Å². The SMILES string of the molecule is CC(CC(C)(c1ccc(O)cc1)c1ccc(O)cc1)C(c1ccc(O)cc1)c1ccc(O)cc1. The summed E-state index contributed by atoms with van der Waals surface area (Å²) in [7, 11) is 0. The van der Waals surface area contributed by atoms with E-state index in [1.165, 1.54) is 0 Å². The van der Waals surface area contributed by atoms with Gasteiger partial charge in [0.15, 0.2) is 0 Å². The van der Waals surface area contributed by atoms with Crippen molar-refractivity contribution in [1.29, 1.82) is 0 Å². The molecule has 4 N–H and O–H groups in total. The molecule has 0 heterocycles. The molecular formula is C30H30O4. The fraction of sp³-hybridized carbons (Fsp3) is 0.200. The molecule has 0 saturated carbocycles. The van der Waals surface area contributed by atoms with Gasteiger partial charge in [-0.05, 0) is 83.1 Å². The van der Waals surface area contributed by atoms with Crippen LogP contribution in [0.5, 0.6) is 23.0 Å². The van der Waals surface area contributed by atoms with Crippen LogP contribution in [-0.4, -0.2) is 20.4 Å². The molecule has 0 amide bonds. The van der Waals surface area contributed by atoms with Gasteiger partial charge in [-0.25, -0.2) is 0 Å². The Morgan fingerprint density at radius 2 is 0.824 bits per heavy atom. The Morgan fingerprint density at radius 3 is 1.15 bits per heavy atom. The molecule has 0 radical (unpaired) electrons. The molecule has 0 spiro atoms. The summed E-state index contributed by atoms with van der Waals surface area (Å²) in [6.07, 6.45) is 0.773. The molecule has 34 heavy (non-hydrogen) atoms. The van der Waals surface area contributed by atoms with E-state index in [4.69, 9.17) is 0 Å². The van der Waals surface area contributed by atoms with Gasteiger partial charge in [-0.15, -0.1) is 0 Å². The number of hydrogen-bond donors (Lipinski definition) is 4. The smallest absolute Gasteiger partial charge is 0.115 e. The number of phenols is 4. The highest BCUT2D eigenvalue weighted by molar-refractivity contribution is 5.44. The molecular weight excluding hydrogens is 424 g/mol. The highest BCUT2D eigenvalue weighted by atomic mass is 16.3. The van der Waals surface area contributed by atoms with Gasteiger partial charge in [0.25, 0.3) is 0 Å². The molecule has 0 aromatic heterocycles. The lowest BCUT2D eigenvalue weighted by molar-refractivity contribution is 0.373. The summed E-state index contributed by atoms with van der Waals surface area (Å²) in [6.45, 7) is 4.40. The maximum atomic E-state index is 9.87. The van der Waals surface area contributed by atoms with E-state index in [9.17, 15) is 20.4 Å². The van der Waals surface area contributed by atoms with Gasteiger partial charge in [-0.2, -0.15) is 0 Å². The fourth-order valence-corrected chi connectivity index (χ4v) is 5.04. The van der Waals surface area contributed by atoms with Gasteiger partial charge in [-0.1, -0.05) is 62.4 Å². The van der Waals surface area contributed by atoms with Crippen molar-refractivity contribution in [2.24, 2.45) is 5.92 Å². The summed E-state index contributed by atoms with van der Waals surface area (Å²) >= 11 is 0. The Kier molecular flexibility index (Phi) is 6.51. The summed E-state index contributed by atoms with van der Waals surface area (Å²) in [5, 5.41) is 39.4. The molecule has 4 aromatic rings. The minimum absolute atomic E-state index is 0.0229. The minimum Gasteiger partial charge on any atom is -0.508 e. The third-order valence-electron chi connectivity index (χ3n) is 6.81. The third kappa shape index (κ3) is 4.86. The number of rotatable bonds is 7. The Hall–Kier alpha value is -3.92. The van der Waals surface area contributed by atoms with Crippen LogP contribution in [0.4, 0.5) is 0 Å². The zero-order valence-electron chi connectivity index (χ0n) is 19.4. The van der Waals surface area contributed by atoms with Crippen LogP contribution in [0, 0.1) is 5.92 Å². The van der Waals surface area contributed by atoms with Gasteiger partial charge in [0.1, 0.15) is 23.0 Å². The maximum Gasteiger partial charge on any atom is 0.115 e. The fourth-order valence-electron chi connectivity index (χ4n) is 5.04. The monoisotopic (exact) mass is 454 g/mol. The second kappa shape index (κ2) is 9.52. The lowest BCUT2D eigenvalue weighted by Crippen LogP contribution is -2.29. The molecule has 0 aliphatic heterocycles. The average Bonchev–Trinajstić information content (AvgIpc) is 2.82. The van der Waals surface area contributed by atoms with Gasteiger partial charge < -0.3 is 20.4 Å². The first kappa shape index (κ1) is 23.2. The maximum absolute atomic E-state index is 9.87. The minimum atomic E-state index is -0.396. The highest BCUT2D eigenvalue weighted by Gasteiger charge is 2.34. The molecule has 4 heteroatoms. The van der Waals surface area contributed by atoms with Gasteiger partial charge in [0.2, 0.25) is 0 Å².